The van der Waals surface area contributed by atoms with E-state index in [2.05, 4.69) is 31.1 Å². The van der Waals surface area contributed by atoms with Crippen molar-refractivity contribution < 1.29 is 9.53 Å². The maximum Gasteiger partial charge on any atom is 0.231 e. The second kappa shape index (κ2) is 12.7. The molecule has 0 saturated heterocycles. The van der Waals surface area contributed by atoms with Crippen molar-refractivity contribution in [3.05, 3.63) is 88.9 Å². The molecule has 3 aromatic carbocycles. The monoisotopic (exact) mass is 482 g/mol. The molecule has 0 heterocycles. The average Bonchev–Trinajstić information content (AvgIpc) is 2.82. The standard InChI is InChI=1S/C27H31ClN2O2S/c1-29(2)16-7-17-30(27(31)18-21-8-5-4-6-9-21)25-15-12-23(28)19-26(25)33-20-22-10-13-24(32-3)14-11-22/h4-6,8-15,19H,7,16-18,20H2,1-3H3. The van der Waals surface area contributed by atoms with Crippen molar-refractivity contribution in [2.45, 2.75) is 23.5 Å². The summed E-state index contributed by atoms with van der Waals surface area (Å²) in [6, 6.07) is 23.7. The predicted molar refractivity (Wildman–Crippen MR) is 140 cm³/mol. The van der Waals surface area contributed by atoms with Crippen molar-refractivity contribution in [3.63, 3.8) is 0 Å². The van der Waals surface area contributed by atoms with Crippen molar-refractivity contribution >= 4 is 35.0 Å². The van der Waals surface area contributed by atoms with Gasteiger partial charge < -0.3 is 14.5 Å². The number of hydrogen-bond donors (Lipinski definition) is 0. The van der Waals surface area contributed by atoms with Crippen LogP contribution in [0.1, 0.15) is 17.5 Å². The normalized spacial score (nSPS) is 10.9. The van der Waals surface area contributed by atoms with Crippen molar-refractivity contribution in [3.8, 4) is 5.75 Å². The summed E-state index contributed by atoms with van der Waals surface area (Å²) in [4.78, 5) is 18.5. The molecular formula is C27H31ClN2O2S. The van der Waals surface area contributed by atoms with Gasteiger partial charge in [0.1, 0.15) is 5.75 Å². The molecule has 6 heteroatoms. The molecule has 0 fully saturated rings. The van der Waals surface area contributed by atoms with Crippen LogP contribution in [0, 0.1) is 0 Å². The molecule has 0 aliphatic heterocycles. The fraction of sp³-hybridized carbons (Fsp3) is 0.296. The van der Waals surface area contributed by atoms with Crippen molar-refractivity contribution in [2.75, 3.05) is 39.2 Å². The minimum absolute atomic E-state index is 0.0913. The highest BCUT2D eigenvalue weighted by Crippen LogP contribution is 2.35. The highest BCUT2D eigenvalue weighted by molar-refractivity contribution is 7.98. The first-order valence-electron chi connectivity index (χ1n) is 11.0. The minimum Gasteiger partial charge on any atom is -0.497 e. The zero-order valence-corrected chi connectivity index (χ0v) is 21.0. The van der Waals surface area contributed by atoms with E-state index in [0.29, 0.717) is 18.0 Å². The van der Waals surface area contributed by atoms with Crippen LogP contribution in [0.25, 0.3) is 0 Å². The Morgan fingerprint density at radius 3 is 2.33 bits per heavy atom. The lowest BCUT2D eigenvalue weighted by molar-refractivity contribution is -0.118. The van der Waals surface area contributed by atoms with Gasteiger partial charge >= 0.3 is 0 Å². The number of hydrogen-bond acceptors (Lipinski definition) is 4. The van der Waals surface area contributed by atoms with Gasteiger partial charge in [0.05, 0.1) is 19.2 Å². The third-order valence-electron chi connectivity index (χ3n) is 5.25. The Labute approximate surface area is 206 Å². The molecule has 4 nitrogen and oxygen atoms in total. The SMILES string of the molecule is COc1ccc(CSc2cc(Cl)ccc2N(CCCN(C)C)C(=O)Cc2ccccc2)cc1. The molecule has 0 N–H and O–H groups in total. The van der Waals surface area contributed by atoms with Gasteiger partial charge in [0, 0.05) is 22.2 Å². The van der Waals surface area contributed by atoms with Crippen LogP contribution in [-0.2, 0) is 17.0 Å². The summed E-state index contributed by atoms with van der Waals surface area (Å²) in [5, 5.41) is 0.666. The number of rotatable bonds is 11. The maximum absolute atomic E-state index is 13.4. The molecule has 0 aromatic heterocycles. The highest BCUT2D eigenvalue weighted by atomic mass is 35.5. The van der Waals surface area contributed by atoms with Gasteiger partial charge in [-0.25, -0.2) is 0 Å². The molecule has 1 amide bonds. The number of nitrogens with zero attached hydrogens (tertiary/aromatic N) is 2. The summed E-state index contributed by atoms with van der Waals surface area (Å²) in [7, 11) is 5.77. The number of halogens is 1. The zero-order chi connectivity index (χ0) is 23.6. The minimum atomic E-state index is 0.0913. The summed E-state index contributed by atoms with van der Waals surface area (Å²) >= 11 is 8.05. The van der Waals surface area contributed by atoms with Gasteiger partial charge in [-0.05, 0) is 68.5 Å². The van der Waals surface area contributed by atoms with E-state index in [1.807, 2.05) is 65.6 Å². The number of ether oxygens (including phenoxy) is 1. The molecule has 0 bridgehead atoms. The predicted octanol–water partition coefficient (Wildman–Crippen LogP) is 6.17. The summed E-state index contributed by atoms with van der Waals surface area (Å²) in [6.07, 6.45) is 1.26. The molecular weight excluding hydrogens is 452 g/mol. The van der Waals surface area contributed by atoms with Gasteiger partial charge in [-0.1, -0.05) is 54.1 Å². The number of thioether (sulfide) groups is 1. The highest BCUT2D eigenvalue weighted by Gasteiger charge is 2.20. The quantitative estimate of drug-likeness (QED) is 0.306. The van der Waals surface area contributed by atoms with Gasteiger partial charge in [-0.2, -0.15) is 0 Å². The summed E-state index contributed by atoms with van der Waals surface area (Å²) in [5.41, 5.74) is 3.11. The van der Waals surface area contributed by atoms with Crippen molar-refractivity contribution in [1.29, 1.82) is 0 Å². The number of benzene rings is 3. The van der Waals surface area contributed by atoms with E-state index >= 15 is 0 Å². The second-order valence-corrected chi connectivity index (χ2v) is 9.57. The number of carbonyl (C=O) groups excluding carboxylic acids is 1. The zero-order valence-electron chi connectivity index (χ0n) is 19.5. The third kappa shape index (κ3) is 7.81. The Bertz CT molecular complexity index is 1030. The van der Waals surface area contributed by atoms with E-state index < -0.39 is 0 Å². The topological polar surface area (TPSA) is 32.8 Å². The number of anilines is 1. The number of amides is 1. The number of carbonyl (C=O) groups is 1. The fourth-order valence-electron chi connectivity index (χ4n) is 3.50. The Morgan fingerprint density at radius 2 is 1.67 bits per heavy atom. The summed E-state index contributed by atoms with van der Waals surface area (Å²) < 4.78 is 5.26. The smallest absolute Gasteiger partial charge is 0.231 e. The van der Waals surface area contributed by atoms with Gasteiger partial charge in [-0.3, -0.25) is 4.79 Å². The molecule has 0 aliphatic carbocycles. The number of methoxy groups -OCH3 is 1. The Hall–Kier alpha value is -2.47. The Kier molecular flexibility index (Phi) is 9.67. The van der Waals surface area contributed by atoms with Gasteiger partial charge in [0.15, 0.2) is 0 Å². The van der Waals surface area contributed by atoms with Crippen molar-refractivity contribution in [1.82, 2.24) is 4.90 Å². The van der Waals surface area contributed by atoms with Crippen LogP contribution >= 0.6 is 23.4 Å². The lowest BCUT2D eigenvalue weighted by Crippen LogP contribution is -2.35. The Morgan fingerprint density at radius 1 is 0.939 bits per heavy atom. The van der Waals surface area contributed by atoms with E-state index in [9.17, 15) is 4.79 Å². The molecule has 3 rings (SSSR count). The molecule has 0 spiro atoms. The van der Waals surface area contributed by atoms with Crippen LogP contribution < -0.4 is 9.64 Å². The van der Waals surface area contributed by atoms with Gasteiger partial charge in [0.2, 0.25) is 5.91 Å². The van der Waals surface area contributed by atoms with Crippen LogP contribution in [0.4, 0.5) is 5.69 Å². The van der Waals surface area contributed by atoms with E-state index in [-0.39, 0.29) is 5.91 Å². The molecule has 174 valence electrons. The molecule has 33 heavy (non-hydrogen) atoms. The average molecular weight is 483 g/mol. The largest absolute Gasteiger partial charge is 0.497 e. The van der Waals surface area contributed by atoms with Crippen LogP contribution in [0.3, 0.4) is 0 Å². The fourth-order valence-corrected chi connectivity index (χ4v) is 4.79. The summed E-state index contributed by atoms with van der Waals surface area (Å²) in [5.74, 6) is 1.70. The van der Waals surface area contributed by atoms with Crippen LogP contribution in [-0.4, -0.2) is 45.1 Å². The van der Waals surface area contributed by atoms with Crippen LogP contribution in [0.2, 0.25) is 5.02 Å². The second-order valence-electron chi connectivity index (χ2n) is 8.11. The van der Waals surface area contributed by atoms with Crippen LogP contribution in [0.5, 0.6) is 5.75 Å². The molecule has 0 saturated carbocycles. The molecule has 0 aliphatic rings. The molecule has 0 unspecified atom stereocenters. The lowest BCUT2D eigenvalue weighted by atomic mass is 10.1. The van der Waals surface area contributed by atoms with E-state index in [1.54, 1.807) is 18.9 Å². The molecule has 3 aromatic rings. The van der Waals surface area contributed by atoms with Crippen LogP contribution in [0.15, 0.2) is 77.7 Å². The Balaban J connectivity index is 1.83. The first kappa shape index (κ1) is 25.2. The van der Waals surface area contributed by atoms with E-state index in [1.165, 1.54) is 5.56 Å². The maximum atomic E-state index is 13.4. The van der Waals surface area contributed by atoms with E-state index in [0.717, 1.165) is 40.6 Å². The molecule has 0 radical (unpaired) electrons. The van der Waals surface area contributed by atoms with Gasteiger partial charge in [0.25, 0.3) is 0 Å². The van der Waals surface area contributed by atoms with E-state index in [4.69, 9.17) is 16.3 Å². The first-order chi connectivity index (χ1) is 16.0. The third-order valence-corrected chi connectivity index (χ3v) is 6.60. The van der Waals surface area contributed by atoms with Crippen molar-refractivity contribution in [2.24, 2.45) is 0 Å². The first-order valence-corrected chi connectivity index (χ1v) is 12.4. The molecule has 0 atom stereocenters. The lowest BCUT2D eigenvalue weighted by Gasteiger charge is -2.26. The van der Waals surface area contributed by atoms with Gasteiger partial charge in [-0.15, -0.1) is 11.8 Å². The summed E-state index contributed by atoms with van der Waals surface area (Å²) in [6.45, 7) is 1.57.